The van der Waals surface area contributed by atoms with Crippen LogP contribution in [-0.4, -0.2) is 18.5 Å². The molecule has 0 aromatic carbocycles. The quantitative estimate of drug-likeness (QED) is 0.841. The summed E-state index contributed by atoms with van der Waals surface area (Å²) in [6.07, 6.45) is 8.48. The molecule has 0 unspecified atom stereocenters. The second-order valence-electron chi connectivity index (χ2n) is 5.91. The van der Waals surface area contributed by atoms with Crippen molar-refractivity contribution in [2.75, 3.05) is 6.61 Å². The molecule has 1 aliphatic rings. The lowest BCUT2D eigenvalue weighted by Gasteiger charge is -2.07. The molecule has 5 nitrogen and oxygen atoms in total. The number of rotatable bonds is 5. The molecule has 3 rings (SSSR count). The molecule has 2 heterocycles. The molecule has 2 aromatic heterocycles. The van der Waals surface area contributed by atoms with E-state index >= 15 is 0 Å². The Hall–Kier alpha value is -2.08. The van der Waals surface area contributed by atoms with E-state index < -0.39 is 5.97 Å². The van der Waals surface area contributed by atoms with Crippen molar-refractivity contribution in [3.8, 4) is 0 Å². The number of fused-ring (bicyclic) bond motifs is 1. The van der Waals surface area contributed by atoms with Crippen molar-refractivity contribution in [2.24, 2.45) is 0 Å². The highest BCUT2D eigenvalue weighted by atomic mass is 32.1. The van der Waals surface area contributed by atoms with Crippen LogP contribution in [0, 0.1) is 0 Å². The monoisotopic (exact) mass is 347 g/mol. The van der Waals surface area contributed by atoms with E-state index in [1.807, 2.05) is 6.07 Å². The molecular weight excluding hydrogens is 326 g/mol. The van der Waals surface area contributed by atoms with E-state index in [2.05, 4.69) is 5.32 Å². The summed E-state index contributed by atoms with van der Waals surface area (Å²) in [5, 5.41) is 2.65. The van der Waals surface area contributed by atoms with Gasteiger partial charge in [0.15, 0.2) is 6.61 Å². The van der Waals surface area contributed by atoms with E-state index in [0.29, 0.717) is 10.6 Å². The first-order chi connectivity index (χ1) is 11.7. The third-order valence-corrected chi connectivity index (χ3v) is 5.29. The predicted octanol–water partition coefficient (Wildman–Crippen LogP) is 3.47. The van der Waals surface area contributed by atoms with Crippen molar-refractivity contribution in [2.45, 2.75) is 45.1 Å². The van der Waals surface area contributed by atoms with Crippen LogP contribution in [0.1, 0.15) is 51.6 Å². The lowest BCUT2D eigenvalue weighted by Crippen LogP contribution is -2.28. The van der Waals surface area contributed by atoms with Gasteiger partial charge < -0.3 is 14.5 Å². The van der Waals surface area contributed by atoms with Crippen LogP contribution < -0.4 is 5.32 Å². The minimum Gasteiger partial charge on any atom is -0.467 e. The molecule has 24 heavy (non-hydrogen) atoms. The van der Waals surface area contributed by atoms with Crippen molar-refractivity contribution in [3.05, 3.63) is 45.5 Å². The van der Waals surface area contributed by atoms with Gasteiger partial charge in [-0.3, -0.25) is 4.79 Å². The van der Waals surface area contributed by atoms with Gasteiger partial charge in [-0.05, 0) is 49.4 Å². The molecule has 0 atom stereocenters. The predicted molar refractivity (Wildman–Crippen MR) is 91.0 cm³/mol. The molecule has 6 heteroatoms. The van der Waals surface area contributed by atoms with Crippen molar-refractivity contribution >= 4 is 23.2 Å². The summed E-state index contributed by atoms with van der Waals surface area (Å²) in [6.45, 7) is 0.0127. The van der Waals surface area contributed by atoms with Gasteiger partial charge in [0.2, 0.25) is 0 Å². The van der Waals surface area contributed by atoms with Crippen LogP contribution >= 0.6 is 11.3 Å². The zero-order chi connectivity index (χ0) is 16.8. The maximum Gasteiger partial charge on any atom is 0.348 e. The van der Waals surface area contributed by atoms with Gasteiger partial charge in [-0.15, -0.1) is 11.3 Å². The lowest BCUT2D eigenvalue weighted by atomic mass is 10.00. The highest BCUT2D eigenvalue weighted by molar-refractivity contribution is 7.14. The minimum atomic E-state index is -0.417. The summed E-state index contributed by atoms with van der Waals surface area (Å²) in [5.41, 5.74) is 1.27. The van der Waals surface area contributed by atoms with E-state index in [4.69, 9.17) is 9.15 Å². The smallest absolute Gasteiger partial charge is 0.348 e. The molecular formula is C18H21NO4S. The Morgan fingerprint density at radius 2 is 2.04 bits per heavy atom. The van der Waals surface area contributed by atoms with Crippen molar-refractivity contribution in [3.63, 3.8) is 0 Å². The fourth-order valence-electron chi connectivity index (χ4n) is 2.80. The first-order valence-electron chi connectivity index (χ1n) is 8.30. The summed E-state index contributed by atoms with van der Waals surface area (Å²) < 4.78 is 10.3. The number of carbonyl (C=O) groups excluding carboxylic acids is 2. The lowest BCUT2D eigenvalue weighted by molar-refractivity contribution is -0.124. The van der Waals surface area contributed by atoms with Gasteiger partial charge in [0, 0.05) is 4.88 Å². The number of ether oxygens (including phenoxy) is 1. The van der Waals surface area contributed by atoms with Crippen LogP contribution in [0.25, 0.3) is 0 Å². The van der Waals surface area contributed by atoms with Gasteiger partial charge in [0.1, 0.15) is 10.6 Å². The molecule has 1 aliphatic carbocycles. The maximum absolute atomic E-state index is 12.2. The Bertz CT molecular complexity index is 664. The normalized spacial score (nSPS) is 14.3. The maximum atomic E-state index is 12.2. The van der Waals surface area contributed by atoms with Gasteiger partial charge >= 0.3 is 5.97 Å². The Morgan fingerprint density at radius 3 is 2.83 bits per heavy atom. The summed E-state index contributed by atoms with van der Waals surface area (Å²) in [5.74, 6) is -0.0951. The first kappa shape index (κ1) is 16.8. The summed E-state index contributed by atoms with van der Waals surface area (Å²) >= 11 is 1.51. The van der Waals surface area contributed by atoms with E-state index in [0.717, 1.165) is 12.8 Å². The number of hydrogen-bond donors (Lipinski definition) is 1. The van der Waals surface area contributed by atoms with E-state index in [9.17, 15) is 9.59 Å². The number of furan rings is 1. The Kier molecular flexibility index (Phi) is 5.69. The molecule has 1 N–H and O–H groups in total. The summed E-state index contributed by atoms with van der Waals surface area (Å²) in [6, 6.07) is 5.46. The third-order valence-electron chi connectivity index (χ3n) is 4.07. The average molecular weight is 347 g/mol. The summed E-state index contributed by atoms with van der Waals surface area (Å²) in [7, 11) is 0. The van der Waals surface area contributed by atoms with E-state index in [1.165, 1.54) is 47.5 Å². The van der Waals surface area contributed by atoms with Gasteiger partial charge in [0.05, 0.1) is 12.8 Å². The highest BCUT2D eigenvalue weighted by Crippen LogP contribution is 2.28. The number of amides is 1. The fraction of sp³-hybridized carbons (Fsp3) is 0.444. The molecule has 0 fully saturated rings. The van der Waals surface area contributed by atoms with Crippen LogP contribution in [-0.2, 0) is 28.9 Å². The zero-order valence-electron chi connectivity index (χ0n) is 13.5. The zero-order valence-corrected chi connectivity index (χ0v) is 14.3. The fourth-order valence-corrected chi connectivity index (χ4v) is 3.94. The van der Waals surface area contributed by atoms with Crippen LogP contribution in [0.2, 0.25) is 0 Å². The third kappa shape index (κ3) is 4.47. The Morgan fingerprint density at radius 1 is 1.21 bits per heavy atom. The molecule has 2 aromatic rings. The van der Waals surface area contributed by atoms with Crippen LogP contribution in [0.15, 0.2) is 28.9 Å². The standard InChI is InChI=1S/C18H21NO4S/c20-17(19-11-14-7-5-9-22-14)12-23-18(21)16-10-13-6-3-1-2-4-8-15(13)24-16/h5,7,9-10H,1-4,6,8,11-12H2,(H,19,20). The second-order valence-corrected chi connectivity index (χ2v) is 7.04. The van der Waals surface area contributed by atoms with Gasteiger partial charge in [-0.1, -0.05) is 12.8 Å². The van der Waals surface area contributed by atoms with Crippen LogP contribution in [0.4, 0.5) is 0 Å². The molecule has 0 bridgehead atoms. The molecule has 1 amide bonds. The number of carbonyl (C=O) groups is 2. The van der Waals surface area contributed by atoms with Crippen LogP contribution in [0.3, 0.4) is 0 Å². The summed E-state index contributed by atoms with van der Waals surface area (Å²) in [4.78, 5) is 25.8. The van der Waals surface area contributed by atoms with Crippen molar-refractivity contribution in [1.82, 2.24) is 5.32 Å². The molecule has 0 aliphatic heterocycles. The van der Waals surface area contributed by atoms with E-state index in [-0.39, 0.29) is 19.1 Å². The number of esters is 1. The molecule has 0 radical (unpaired) electrons. The Balaban J connectivity index is 1.49. The number of nitrogens with one attached hydrogen (secondary N) is 1. The largest absolute Gasteiger partial charge is 0.467 e. The molecule has 0 saturated heterocycles. The van der Waals surface area contributed by atoms with E-state index in [1.54, 1.807) is 18.4 Å². The topological polar surface area (TPSA) is 68.5 Å². The minimum absolute atomic E-state index is 0.276. The number of hydrogen-bond acceptors (Lipinski definition) is 5. The van der Waals surface area contributed by atoms with Gasteiger partial charge in [0.25, 0.3) is 5.91 Å². The van der Waals surface area contributed by atoms with Gasteiger partial charge in [-0.25, -0.2) is 4.79 Å². The van der Waals surface area contributed by atoms with Crippen molar-refractivity contribution in [1.29, 1.82) is 0 Å². The Labute approximate surface area is 145 Å². The first-order valence-corrected chi connectivity index (χ1v) is 9.12. The van der Waals surface area contributed by atoms with Gasteiger partial charge in [-0.2, -0.15) is 0 Å². The number of thiophene rings is 1. The van der Waals surface area contributed by atoms with Crippen LogP contribution in [0.5, 0.6) is 0 Å². The highest BCUT2D eigenvalue weighted by Gasteiger charge is 2.17. The SMILES string of the molecule is O=C(COC(=O)c1cc2c(s1)CCCCCC2)NCc1ccco1. The molecule has 0 spiro atoms. The average Bonchev–Trinajstić information content (AvgIpc) is 3.20. The number of aryl methyl sites for hydroxylation is 2. The second kappa shape index (κ2) is 8.15. The molecule has 128 valence electrons. The molecule has 0 saturated carbocycles. The van der Waals surface area contributed by atoms with Crippen molar-refractivity contribution < 1.29 is 18.7 Å².